The van der Waals surface area contributed by atoms with Crippen molar-refractivity contribution in [2.24, 2.45) is 0 Å². The summed E-state index contributed by atoms with van der Waals surface area (Å²) in [6.07, 6.45) is 0.0955. The fourth-order valence-corrected chi connectivity index (χ4v) is 2.15. The molecule has 1 rings (SSSR count). The monoisotopic (exact) mass is 281 g/mol. The number of aliphatic hydroxyl groups is 1. The zero-order chi connectivity index (χ0) is 15.1. The molecule has 1 aromatic rings. The number of carbonyl (C=O) groups excluding carboxylic acids is 1. The van der Waals surface area contributed by atoms with E-state index in [9.17, 15) is 9.90 Å². The van der Waals surface area contributed by atoms with Crippen molar-refractivity contribution in [2.75, 3.05) is 21.3 Å². The highest BCUT2D eigenvalue weighted by molar-refractivity contribution is 5.69. The second kappa shape index (κ2) is 7.87. The van der Waals surface area contributed by atoms with Gasteiger partial charge in [-0.3, -0.25) is 4.79 Å². The van der Waals surface area contributed by atoms with E-state index < -0.39 is 6.10 Å². The highest BCUT2D eigenvalue weighted by Crippen LogP contribution is 2.25. The Morgan fingerprint density at radius 2 is 2.10 bits per heavy atom. The van der Waals surface area contributed by atoms with Gasteiger partial charge >= 0.3 is 5.97 Å². The number of ether oxygens (including phenoxy) is 2. The van der Waals surface area contributed by atoms with Crippen molar-refractivity contribution in [1.29, 1.82) is 0 Å². The van der Waals surface area contributed by atoms with E-state index in [0.717, 1.165) is 16.9 Å². The molecule has 0 aromatic heterocycles. The van der Waals surface area contributed by atoms with Gasteiger partial charge in [-0.15, -0.1) is 0 Å². The lowest BCUT2D eigenvalue weighted by Gasteiger charge is -2.23. The molecule has 2 N–H and O–H groups in total. The van der Waals surface area contributed by atoms with Crippen LogP contribution in [0, 0.1) is 6.92 Å². The number of methoxy groups -OCH3 is 2. The van der Waals surface area contributed by atoms with E-state index in [1.165, 1.54) is 7.11 Å². The van der Waals surface area contributed by atoms with Crippen molar-refractivity contribution in [1.82, 2.24) is 5.32 Å². The molecule has 0 heterocycles. The number of rotatable bonds is 7. The Kier molecular flexibility index (Phi) is 6.48. The van der Waals surface area contributed by atoms with Gasteiger partial charge in [-0.1, -0.05) is 6.07 Å². The smallest absolute Gasteiger partial charge is 0.305 e. The second-order valence-electron chi connectivity index (χ2n) is 4.68. The zero-order valence-corrected chi connectivity index (χ0v) is 12.5. The lowest BCUT2D eigenvalue weighted by atomic mass is 9.97. The Morgan fingerprint density at radius 1 is 1.40 bits per heavy atom. The van der Waals surface area contributed by atoms with E-state index in [0.29, 0.717) is 6.42 Å². The molecule has 0 aliphatic heterocycles. The maximum Gasteiger partial charge on any atom is 0.305 e. The van der Waals surface area contributed by atoms with Gasteiger partial charge in [-0.25, -0.2) is 0 Å². The summed E-state index contributed by atoms with van der Waals surface area (Å²) in [6.45, 7) is 1.93. The molecule has 0 fully saturated rings. The van der Waals surface area contributed by atoms with Gasteiger partial charge in [0.2, 0.25) is 0 Å². The third-order valence-corrected chi connectivity index (χ3v) is 3.40. The summed E-state index contributed by atoms with van der Waals surface area (Å²) < 4.78 is 9.82. The molecule has 2 unspecified atom stereocenters. The fourth-order valence-electron chi connectivity index (χ4n) is 2.15. The number of nitrogens with one attached hydrogen (secondary N) is 1. The van der Waals surface area contributed by atoms with Crippen LogP contribution in [0.15, 0.2) is 18.2 Å². The number of benzene rings is 1. The van der Waals surface area contributed by atoms with Crippen LogP contribution in [0.2, 0.25) is 0 Å². The molecule has 0 aliphatic carbocycles. The molecule has 0 saturated carbocycles. The van der Waals surface area contributed by atoms with Crippen LogP contribution >= 0.6 is 0 Å². The minimum atomic E-state index is -0.686. The number of esters is 1. The minimum absolute atomic E-state index is 0.207. The maximum absolute atomic E-state index is 11.2. The molecule has 0 bridgehead atoms. The zero-order valence-electron chi connectivity index (χ0n) is 12.5. The van der Waals surface area contributed by atoms with E-state index in [4.69, 9.17) is 4.74 Å². The van der Waals surface area contributed by atoms with Crippen LogP contribution < -0.4 is 10.1 Å². The third-order valence-electron chi connectivity index (χ3n) is 3.40. The number of carbonyl (C=O) groups is 1. The van der Waals surface area contributed by atoms with Crippen LogP contribution in [-0.2, 0) is 9.53 Å². The minimum Gasteiger partial charge on any atom is -0.496 e. The molecule has 112 valence electrons. The third kappa shape index (κ3) is 4.21. The molecular weight excluding hydrogens is 258 g/mol. The summed E-state index contributed by atoms with van der Waals surface area (Å²) >= 11 is 0. The van der Waals surface area contributed by atoms with Crippen LogP contribution in [0.25, 0.3) is 0 Å². The summed E-state index contributed by atoms with van der Waals surface area (Å²) in [7, 11) is 4.74. The Labute approximate surface area is 119 Å². The predicted octanol–water partition coefficient (Wildman–Crippen LogP) is 1.58. The van der Waals surface area contributed by atoms with Crippen molar-refractivity contribution < 1.29 is 19.4 Å². The molecule has 5 nitrogen and oxygen atoms in total. The molecule has 0 spiro atoms. The van der Waals surface area contributed by atoms with Gasteiger partial charge in [0, 0.05) is 12.5 Å². The van der Waals surface area contributed by atoms with E-state index in [-0.39, 0.29) is 18.4 Å². The first kappa shape index (κ1) is 16.5. The molecule has 0 amide bonds. The predicted molar refractivity (Wildman–Crippen MR) is 76.8 cm³/mol. The van der Waals surface area contributed by atoms with Gasteiger partial charge in [0.15, 0.2) is 0 Å². The Hall–Kier alpha value is -1.59. The van der Waals surface area contributed by atoms with Gasteiger partial charge < -0.3 is 19.9 Å². The largest absolute Gasteiger partial charge is 0.496 e. The van der Waals surface area contributed by atoms with Crippen LogP contribution in [0.1, 0.15) is 30.1 Å². The van der Waals surface area contributed by atoms with Crippen molar-refractivity contribution in [3.05, 3.63) is 29.3 Å². The van der Waals surface area contributed by atoms with Gasteiger partial charge in [0.1, 0.15) is 5.75 Å². The number of hydrogen-bond donors (Lipinski definition) is 2. The average Bonchev–Trinajstić information content (AvgIpc) is 2.47. The second-order valence-corrected chi connectivity index (χ2v) is 4.68. The van der Waals surface area contributed by atoms with E-state index >= 15 is 0 Å². The highest BCUT2D eigenvalue weighted by Gasteiger charge is 2.21. The maximum atomic E-state index is 11.2. The van der Waals surface area contributed by atoms with Crippen molar-refractivity contribution in [3.63, 3.8) is 0 Å². The molecule has 0 aliphatic rings. The molecule has 0 saturated heterocycles. The normalized spacial score (nSPS) is 13.7. The van der Waals surface area contributed by atoms with Crippen LogP contribution in [0.3, 0.4) is 0 Å². The van der Waals surface area contributed by atoms with Gasteiger partial charge in [0.05, 0.1) is 20.3 Å². The SMILES string of the molecule is CNC(CCC(=O)OC)C(O)c1ccc(OC)c(C)c1. The summed E-state index contributed by atoms with van der Waals surface area (Å²) in [6, 6.07) is 5.35. The fraction of sp³-hybridized carbons (Fsp3) is 0.533. The van der Waals surface area contributed by atoms with E-state index in [2.05, 4.69) is 10.1 Å². The topological polar surface area (TPSA) is 67.8 Å². The van der Waals surface area contributed by atoms with Crippen LogP contribution in [0.4, 0.5) is 0 Å². The number of likely N-dealkylation sites (N-methyl/N-ethyl adjacent to an activating group) is 1. The quantitative estimate of drug-likeness (QED) is 0.743. The van der Waals surface area contributed by atoms with Gasteiger partial charge in [-0.05, 0) is 43.7 Å². The highest BCUT2D eigenvalue weighted by atomic mass is 16.5. The number of hydrogen-bond acceptors (Lipinski definition) is 5. The summed E-state index contributed by atoms with van der Waals surface area (Å²) in [4.78, 5) is 11.2. The number of aryl methyl sites for hydroxylation is 1. The van der Waals surface area contributed by atoms with Crippen LogP contribution in [-0.4, -0.2) is 38.4 Å². The van der Waals surface area contributed by atoms with Crippen molar-refractivity contribution in [2.45, 2.75) is 31.9 Å². The Morgan fingerprint density at radius 3 is 2.60 bits per heavy atom. The van der Waals surface area contributed by atoms with Gasteiger partial charge in [0.25, 0.3) is 0 Å². The molecular formula is C15H23NO4. The molecule has 2 atom stereocenters. The van der Waals surface area contributed by atoms with Crippen LogP contribution in [0.5, 0.6) is 5.75 Å². The molecule has 5 heteroatoms. The Balaban J connectivity index is 2.77. The molecule has 0 radical (unpaired) electrons. The molecule has 1 aromatic carbocycles. The summed E-state index contributed by atoms with van der Waals surface area (Å²) in [5, 5.41) is 13.4. The van der Waals surface area contributed by atoms with Crippen molar-refractivity contribution in [3.8, 4) is 5.75 Å². The van der Waals surface area contributed by atoms with Crippen molar-refractivity contribution >= 4 is 5.97 Å². The van der Waals surface area contributed by atoms with E-state index in [1.54, 1.807) is 14.2 Å². The first-order valence-corrected chi connectivity index (χ1v) is 6.60. The average molecular weight is 281 g/mol. The lowest BCUT2D eigenvalue weighted by molar-refractivity contribution is -0.140. The van der Waals surface area contributed by atoms with Gasteiger partial charge in [-0.2, -0.15) is 0 Å². The molecule has 20 heavy (non-hydrogen) atoms. The summed E-state index contributed by atoms with van der Waals surface area (Å²) in [5.74, 6) is 0.514. The Bertz CT molecular complexity index is 447. The van der Waals surface area contributed by atoms with E-state index in [1.807, 2.05) is 25.1 Å². The first-order chi connectivity index (χ1) is 9.53. The lowest BCUT2D eigenvalue weighted by Crippen LogP contribution is -2.32. The first-order valence-electron chi connectivity index (χ1n) is 6.60. The summed E-state index contributed by atoms with van der Waals surface area (Å²) in [5.41, 5.74) is 1.76. The number of aliphatic hydroxyl groups excluding tert-OH is 1. The standard InChI is InChI=1S/C15H23NO4/c1-10-9-11(5-7-13(10)19-3)15(18)12(16-2)6-8-14(17)20-4/h5,7,9,12,15-16,18H,6,8H2,1-4H3.